The number of rotatable bonds is 6. The Morgan fingerprint density at radius 1 is 1.14 bits per heavy atom. The number of aromatic nitrogens is 2. The van der Waals surface area contributed by atoms with Gasteiger partial charge in [-0.1, -0.05) is 0 Å². The first-order valence-electron chi connectivity index (χ1n) is 12.3. The lowest BCUT2D eigenvalue weighted by atomic mass is 9.93. The van der Waals surface area contributed by atoms with Gasteiger partial charge >= 0.3 is 0 Å². The fourth-order valence-corrected chi connectivity index (χ4v) is 4.52. The minimum Gasteiger partial charge on any atom is -0.457 e. The van der Waals surface area contributed by atoms with Crippen molar-refractivity contribution in [2.75, 3.05) is 0 Å². The van der Waals surface area contributed by atoms with E-state index in [4.69, 9.17) is 4.74 Å². The summed E-state index contributed by atoms with van der Waals surface area (Å²) in [5.74, 6) is 0.404. The van der Waals surface area contributed by atoms with E-state index in [1.54, 1.807) is 53.1 Å². The summed E-state index contributed by atoms with van der Waals surface area (Å²) in [7, 11) is 1.65. The molecule has 0 unspecified atom stereocenters. The molecule has 0 aliphatic heterocycles. The molecule has 5 rings (SSSR count). The van der Waals surface area contributed by atoms with Crippen LogP contribution in [0.15, 0.2) is 47.4 Å². The number of carbonyl (C=O) groups is 1. The summed E-state index contributed by atoms with van der Waals surface area (Å²) in [4.78, 5) is 28.6. The molecule has 4 aromatic rings. The van der Waals surface area contributed by atoms with Crippen LogP contribution < -0.4 is 15.6 Å². The molecule has 0 spiro atoms. The number of H-pyrrole nitrogens is 1. The number of pyridine rings is 1. The summed E-state index contributed by atoms with van der Waals surface area (Å²) < 4.78 is 21.6. The second-order valence-electron chi connectivity index (χ2n) is 10.5. The van der Waals surface area contributed by atoms with Crippen LogP contribution >= 0.6 is 0 Å². The zero-order valence-electron chi connectivity index (χ0n) is 21.5. The summed E-state index contributed by atoms with van der Waals surface area (Å²) in [6, 6.07) is 10.1. The Labute approximate surface area is 213 Å². The standard InChI is InChI=1S/C29H30FN3O4/c1-15-8-19(30)9-16(2)26(15)37-21-11-17(10-18(12-21)29(3,4)36)23-14-33(5)28(35)25-22(23)13-24(32-25)27(34)31-20-6-7-20/h8-14,20,32,36H,6-7H2,1-5H3,(H,31,34). The first kappa shape index (κ1) is 24.8. The number of ether oxygens (including phenoxy) is 1. The zero-order valence-corrected chi connectivity index (χ0v) is 21.5. The molecule has 7 nitrogen and oxygen atoms in total. The molecule has 2 heterocycles. The lowest BCUT2D eigenvalue weighted by molar-refractivity contribution is 0.0784. The van der Waals surface area contributed by atoms with Crippen molar-refractivity contribution in [1.29, 1.82) is 0 Å². The highest BCUT2D eigenvalue weighted by Gasteiger charge is 2.26. The second kappa shape index (κ2) is 8.88. The molecule has 8 heteroatoms. The highest BCUT2D eigenvalue weighted by molar-refractivity contribution is 6.02. The van der Waals surface area contributed by atoms with Crippen molar-refractivity contribution in [3.8, 4) is 22.6 Å². The molecule has 0 atom stereocenters. The van der Waals surface area contributed by atoms with Crippen molar-refractivity contribution < 1.29 is 19.0 Å². The van der Waals surface area contributed by atoms with Gasteiger partial charge in [-0.25, -0.2) is 4.39 Å². The van der Waals surface area contributed by atoms with Gasteiger partial charge in [-0.05, 0) is 99.2 Å². The Morgan fingerprint density at radius 2 is 1.81 bits per heavy atom. The van der Waals surface area contributed by atoms with Crippen LogP contribution in [0.5, 0.6) is 11.5 Å². The van der Waals surface area contributed by atoms with Gasteiger partial charge in [0, 0.05) is 30.2 Å². The Morgan fingerprint density at radius 3 is 2.43 bits per heavy atom. The number of hydrogen-bond acceptors (Lipinski definition) is 4. The molecule has 192 valence electrons. The van der Waals surface area contributed by atoms with Gasteiger partial charge < -0.3 is 24.7 Å². The van der Waals surface area contributed by atoms with Crippen LogP contribution in [0.2, 0.25) is 0 Å². The molecule has 1 fully saturated rings. The van der Waals surface area contributed by atoms with Crippen LogP contribution in [0.3, 0.4) is 0 Å². The number of halogens is 1. The molecule has 3 N–H and O–H groups in total. The van der Waals surface area contributed by atoms with Gasteiger partial charge in [-0.3, -0.25) is 9.59 Å². The van der Waals surface area contributed by atoms with Crippen LogP contribution in [-0.4, -0.2) is 26.6 Å². The van der Waals surface area contributed by atoms with Gasteiger partial charge in [0.05, 0.1) is 5.60 Å². The number of aromatic amines is 1. The van der Waals surface area contributed by atoms with E-state index in [0.717, 1.165) is 12.8 Å². The molecule has 1 amide bonds. The third-order valence-electron chi connectivity index (χ3n) is 6.69. The number of amides is 1. The molecule has 1 aliphatic rings. The van der Waals surface area contributed by atoms with Gasteiger partial charge in [0.15, 0.2) is 0 Å². The Bertz CT molecular complexity index is 1580. The fraction of sp³-hybridized carbons (Fsp3) is 0.310. The minimum absolute atomic E-state index is 0.183. The monoisotopic (exact) mass is 503 g/mol. The van der Waals surface area contributed by atoms with Crippen LogP contribution in [-0.2, 0) is 12.6 Å². The van der Waals surface area contributed by atoms with Crippen molar-refractivity contribution in [2.24, 2.45) is 7.05 Å². The normalized spacial score (nSPS) is 13.7. The fourth-order valence-electron chi connectivity index (χ4n) is 4.52. The van der Waals surface area contributed by atoms with E-state index in [0.29, 0.717) is 55.9 Å². The number of hydrogen-bond donors (Lipinski definition) is 3. The van der Waals surface area contributed by atoms with E-state index in [1.165, 1.54) is 16.7 Å². The van der Waals surface area contributed by atoms with Crippen molar-refractivity contribution in [3.63, 3.8) is 0 Å². The molecule has 1 saturated carbocycles. The minimum atomic E-state index is -1.19. The van der Waals surface area contributed by atoms with Gasteiger partial charge in [0.2, 0.25) is 0 Å². The van der Waals surface area contributed by atoms with Crippen LogP contribution in [0.4, 0.5) is 4.39 Å². The van der Waals surface area contributed by atoms with Crippen LogP contribution in [0.25, 0.3) is 22.0 Å². The molecule has 2 aromatic carbocycles. The number of aryl methyl sites for hydroxylation is 3. The van der Waals surface area contributed by atoms with E-state index in [1.807, 2.05) is 12.1 Å². The molecule has 0 bridgehead atoms. The van der Waals surface area contributed by atoms with Crippen LogP contribution in [0.1, 0.15) is 53.9 Å². The van der Waals surface area contributed by atoms with Crippen molar-refractivity contribution in [1.82, 2.24) is 14.9 Å². The van der Waals surface area contributed by atoms with Crippen molar-refractivity contribution in [2.45, 2.75) is 52.2 Å². The predicted octanol–water partition coefficient (Wildman–Crippen LogP) is 5.20. The number of fused-ring (bicyclic) bond motifs is 1. The quantitative estimate of drug-likeness (QED) is 0.337. The Hall–Kier alpha value is -3.91. The SMILES string of the molecule is Cc1cc(F)cc(C)c1Oc1cc(-c2cn(C)c(=O)c3[nH]c(C(=O)NC4CC4)cc23)cc(C(C)(C)O)c1. The maximum absolute atomic E-state index is 13.9. The average Bonchev–Trinajstić information content (AvgIpc) is 3.51. The first-order chi connectivity index (χ1) is 17.4. The van der Waals surface area contributed by atoms with E-state index in [2.05, 4.69) is 10.3 Å². The number of nitrogens with zero attached hydrogens (tertiary/aromatic N) is 1. The van der Waals surface area contributed by atoms with Crippen molar-refractivity contribution in [3.05, 3.63) is 81.2 Å². The summed E-state index contributed by atoms with van der Waals surface area (Å²) >= 11 is 0. The smallest absolute Gasteiger partial charge is 0.274 e. The third kappa shape index (κ3) is 4.89. The topological polar surface area (TPSA) is 96.4 Å². The van der Waals surface area contributed by atoms with E-state index in [-0.39, 0.29) is 23.3 Å². The van der Waals surface area contributed by atoms with Crippen LogP contribution in [0, 0.1) is 19.7 Å². The number of benzene rings is 2. The molecule has 1 aliphatic carbocycles. The molecule has 0 saturated heterocycles. The lowest BCUT2D eigenvalue weighted by Crippen LogP contribution is -2.25. The van der Waals surface area contributed by atoms with E-state index >= 15 is 0 Å². The maximum atomic E-state index is 13.9. The lowest BCUT2D eigenvalue weighted by Gasteiger charge is -2.21. The molecule has 37 heavy (non-hydrogen) atoms. The summed E-state index contributed by atoms with van der Waals surface area (Å²) in [6.07, 6.45) is 3.62. The van der Waals surface area contributed by atoms with Gasteiger partial charge in [0.1, 0.15) is 28.5 Å². The largest absolute Gasteiger partial charge is 0.457 e. The Balaban J connectivity index is 1.67. The van der Waals surface area contributed by atoms with Crippen molar-refractivity contribution >= 4 is 16.8 Å². The number of carbonyl (C=O) groups excluding carboxylic acids is 1. The summed E-state index contributed by atoms with van der Waals surface area (Å²) in [6.45, 7) is 6.90. The highest BCUT2D eigenvalue weighted by Crippen LogP contribution is 2.37. The third-order valence-corrected chi connectivity index (χ3v) is 6.69. The second-order valence-corrected chi connectivity index (χ2v) is 10.5. The van der Waals surface area contributed by atoms with Gasteiger partial charge in [-0.2, -0.15) is 0 Å². The molecular weight excluding hydrogens is 473 g/mol. The maximum Gasteiger partial charge on any atom is 0.274 e. The molecule has 0 radical (unpaired) electrons. The van der Waals surface area contributed by atoms with E-state index in [9.17, 15) is 19.1 Å². The van der Waals surface area contributed by atoms with Gasteiger partial charge in [0.25, 0.3) is 11.5 Å². The first-order valence-corrected chi connectivity index (χ1v) is 12.3. The summed E-state index contributed by atoms with van der Waals surface area (Å²) in [5.41, 5.74) is 2.49. The zero-order chi connectivity index (χ0) is 26.6. The molecule has 2 aromatic heterocycles. The molecular formula is C29H30FN3O4. The average molecular weight is 504 g/mol. The Kier molecular flexibility index (Phi) is 5.95. The number of nitrogens with one attached hydrogen (secondary N) is 2. The number of aliphatic hydroxyl groups is 1. The summed E-state index contributed by atoms with van der Waals surface area (Å²) in [5, 5.41) is 14.4. The van der Waals surface area contributed by atoms with Gasteiger partial charge in [-0.15, -0.1) is 0 Å². The highest BCUT2D eigenvalue weighted by atomic mass is 19.1. The van der Waals surface area contributed by atoms with E-state index < -0.39 is 5.60 Å². The predicted molar refractivity (Wildman–Crippen MR) is 141 cm³/mol.